The second-order valence-electron chi connectivity index (χ2n) is 6.73. The fraction of sp³-hybridized carbons (Fsp3) is 0.0833. The van der Waals surface area contributed by atoms with E-state index in [1.165, 1.54) is 6.08 Å². The molecule has 1 aliphatic rings. The molecule has 0 aromatic heterocycles. The van der Waals surface area contributed by atoms with Gasteiger partial charge in [-0.15, -0.1) is 0 Å². The number of hydrogen-bond acceptors (Lipinski definition) is 6. The first-order valence-corrected chi connectivity index (χ1v) is 10.5. The number of ether oxygens (including phenoxy) is 3. The van der Waals surface area contributed by atoms with Crippen LogP contribution in [0.4, 0.5) is 0 Å². The lowest BCUT2D eigenvalue weighted by molar-refractivity contribution is -0.195. The van der Waals surface area contributed by atoms with Crippen LogP contribution in [-0.2, 0) is 25.7 Å². The van der Waals surface area contributed by atoms with Gasteiger partial charge in [-0.3, -0.25) is 0 Å². The third kappa shape index (κ3) is 4.88. The summed E-state index contributed by atoms with van der Waals surface area (Å²) >= 11 is 1.95. The van der Waals surface area contributed by atoms with Crippen LogP contribution in [0.5, 0.6) is 11.5 Å². The summed E-state index contributed by atoms with van der Waals surface area (Å²) < 4.78 is 16.8. The van der Waals surface area contributed by atoms with Crippen molar-refractivity contribution < 1.29 is 28.9 Å². The maximum Gasteiger partial charge on any atom is 0.348 e. The molecule has 31 heavy (non-hydrogen) atoms. The van der Waals surface area contributed by atoms with Gasteiger partial charge in [0.2, 0.25) is 0 Å². The molecule has 4 rings (SSSR count). The summed E-state index contributed by atoms with van der Waals surface area (Å²) in [4.78, 5) is 24.9. The molecule has 0 spiro atoms. The van der Waals surface area contributed by atoms with Gasteiger partial charge in [-0.05, 0) is 51.9 Å². The first-order valence-electron chi connectivity index (χ1n) is 9.39. The molecular weight excluding hydrogens is 511 g/mol. The van der Waals surface area contributed by atoms with Gasteiger partial charge in [-0.1, -0.05) is 60.7 Å². The predicted octanol–water partition coefficient (Wildman–Crippen LogP) is 4.76. The topological polar surface area (TPSA) is 82.1 Å². The largest absolute Gasteiger partial charge is 0.504 e. The zero-order chi connectivity index (χ0) is 21.8. The number of phenols is 1. The number of phenolic OH excluding ortho intramolecular Hbond substituents is 1. The first-order chi connectivity index (χ1) is 15.0. The van der Waals surface area contributed by atoms with E-state index in [0.29, 0.717) is 14.7 Å². The lowest BCUT2D eigenvalue weighted by atomic mass is 10.1. The SMILES string of the molecule is O=C1OC(c2ccccc2)OC(=O)C1=Cc1cc(I)c(O)c(OCc2ccccc2)c1. The highest BCUT2D eigenvalue weighted by atomic mass is 127. The molecule has 0 aliphatic carbocycles. The van der Waals surface area contributed by atoms with E-state index in [1.807, 2.05) is 59.0 Å². The molecule has 1 saturated heterocycles. The summed E-state index contributed by atoms with van der Waals surface area (Å²) in [6.45, 7) is 0.257. The Hall–Kier alpha value is -3.33. The lowest BCUT2D eigenvalue weighted by Crippen LogP contribution is -2.29. The van der Waals surface area contributed by atoms with Crippen LogP contribution < -0.4 is 4.74 Å². The molecule has 1 N–H and O–H groups in total. The van der Waals surface area contributed by atoms with Gasteiger partial charge in [0.15, 0.2) is 11.5 Å². The number of cyclic esters (lactones) is 2. The molecule has 0 saturated carbocycles. The Morgan fingerprint density at radius 2 is 1.55 bits per heavy atom. The average Bonchev–Trinajstić information content (AvgIpc) is 2.78. The van der Waals surface area contributed by atoms with Crippen LogP contribution in [-0.4, -0.2) is 17.0 Å². The standard InChI is InChI=1S/C24H17IO6/c25-19-12-16(13-20(21(19)26)29-14-15-7-3-1-4-8-15)11-18-22(27)30-24(31-23(18)28)17-9-5-2-6-10-17/h1-13,24,26H,14H2. The Labute approximate surface area is 192 Å². The number of carbonyl (C=O) groups is 2. The van der Waals surface area contributed by atoms with E-state index in [4.69, 9.17) is 14.2 Å². The summed E-state index contributed by atoms with van der Waals surface area (Å²) in [7, 11) is 0. The van der Waals surface area contributed by atoms with Gasteiger partial charge in [-0.25, -0.2) is 9.59 Å². The highest BCUT2D eigenvalue weighted by molar-refractivity contribution is 14.1. The van der Waals surface area contributed by atoms with E-state index >= 15 is 0 Å². The van der Waals surface area contributed by atoms with E-state index in [9.17, 15) is 14.7 Å². The third-order valence-corrected chi connectivity index (χ3v) is 5.36. The highest BCUT2D eigenvalue weighted by Gasteiger charge is 2.34. The van der Waals surface area contributed by atoms with Crippen LogP contribution in [0.25, 0.3) is 6.08 Å². The monoisotopic (exact) mass is 528 g/mol. The Balaban J connectivity index is 1.56. The Morgan fingerprint density at radius 3 is 2.19 bits per heavy atom. The van der Waals surface area contributed by atoms with Crippen molar-refractivity contribution >= 4 is 40.6 Å². The average molecular weight is 528 g/mol. The quantitative estimate of drug-likeness (QED) is 0.223. The molecule has 1 fully saturated rings. The van der Waals surface area contributed by atoms with Crippen molar-refractivity contribution in [3.8, 4) is 11.5 Å². The van der Waals surface area contributed by atoms with Gasteiger partial charge in [-0.2, -0.15) is 0 Å². The molecule has 0 amide bonds. The van der Waals surface area contributed by atoms with Gasteiger partial charge >= 0.3 is 11.9 Å². The van der Waals surface area contributed by atoms with Gasteiger partial charge in [0.05, 0.1) is 3.57 Å². The summed E-state index contributed by atoms with van der Waals surface area (Å²) in [6.07, 6.45) is 0.283. The number of halogens is 1. The summed E-state index contributed by atoms with van der Waals surface area (Å²) in [5, 5.41) is 10.3. The molecule has 1 heterocycles. The number of rotatable bonds is 5. The van der Waals surface area contributed by atoms with E-state index in [0.717, 1.165) is 5.56 Å². The molecule has 0 unspecified atom stereocenters. The molecular formula is C24H17IO6. The minimum atomic E-state index is -1.08. The fourth-order valence-corrected chi connectivity index (χ4v) is 3.61. The zero-order valence-electron chi connectivity index (χ0n) is 16.2. The van der Waals surface area contributed by atoms with Crippen molar-refractivity contribution in [2.45, 2.75) is 12.9 Å². The van der Waals surface area contributed by atoms with Crippen LogP contribution in [0.2, 0.25) is 0 Å². The zero-order valence-corrected chi connectivity index (χ0v) is 18.3. The van der Waals surface area contributed by atoms with Crippen LogP contribution in [0, 0.1) is 3.57 Å². The van der Waals surface area contributed by atoms with E-state index < -0.39 is 18.2 Å². The normalized spacial score (nSPS) is 15.8. The molecule has 1 aliphatic heterocycles. The molecule has 3 aromatic rings. The molecule has 7 heteroatoms. The molecule has 6 nitrogen and oxygen atoms in total. The fourth-order valence-electron chi connectivity index (χ4n) is 2.98. The maximum atomic E-state index is 12.5. The Bertz CT molecular complexity index is 1120. The number of esters is 2. The highest BCUT2D eigenvalue weighted by Crippen LogP contribution is 2.35. The minimum absolute atomic E-state index is 0.0170. The second kappa shape index (κ2) is 9.22. The van der Waals surface area contributed by atoms with Gasteiger partial charge in [0.1, 0.15) is 12.2 Å². The molecule has 0 radical (unpaired) electrons. The van der Waals surface area contributed by atoms with Crippen LogP contribution in [0.1, 0.15) is 23.0 Å². The smallest absolute Gasteiger partial charge is 0.348 e. The van der Waals surface area contributed by atoms with Gasteiger partial charge in [0, 0.05) is 5.56 Å². The van der Waals surface area contributed by atoms with Crippen molar-refractivity contribution in [1.82, 2.24) is 0 Å². The minimum Gasteiger partial charge on any atom is -0.504 e. The summed E-state index contributed by atoms with van der Waals surface area (Å²) in [5.41, 5.74) is 1.76. The van der Waals surface area contributed by atoms with Crippen molar-refractivity contribution in [3.05, 3.63) is 98.6 Å². The van der Waals surface area contributed by atoms with Gasteiger partial charge in [0.25, 0.3) is 6.29 Å². The van der Waals surface area contributed by atoms with Crippen molar-refractivity contribution in [2.24, 2.45) is 0 Å². The Morgan fingerprint density at radius 1 is 0.935 bits per heavy atom. The van der Waals surface area contributed by atoms with Crippen molar-refractivity contribution in [3.63, 3.8) is 0 Å². The van der Waals surface area contributed by atoms with Crippen LogP contribution >= 0.6 is 22.6 Å². The summed E-state index contributed by atoms with van der Waals surface area (Å²) in [6, 6.07) is 21.4. The molecule has 156 valence electrons. The lowest BCUT2D eigenvalue weighted by Gasteiger charge is -2.24. The predicted molar refractivity (Wildman–Crippen MR) is 121 cm³/mol. The molecule has 0 atom stereocenters. The molecule has 0 bridgehead atoms. The van der Waals surface area contributed by atoms with Crippen molar-refractivity contribution in [2.75, 3.05) is 0 Å². The maximum absolute atomic E-state index is 12.5. The van der Waals surface area contributed by atoms with Gasteiger partial charge < -0.3 is 19.3 Å². The number of hydrogen-bond donors (Lipinski definition) is 1. The number of aromatic hydroxyl groups is 1. The number of benzene rings is 3. The van der Waals surface area contributed by atoms with Crippen LogP contribution in [0.15, 0.2) is 78.4 Å². The van der Waals surface area contributed by atoms with Crippen molar-refractivity contribution in [1.29, 1.82) is 0 Å². The second-order valence-corrected chi connectivity index (χ2v) is 7.90. The van der Waals surface area contributed by atoms with Crippen LogP contribution in [0.3, 0.4) is 0 Å². The number of carbonyl (C=O) groups excluding carboxylic acids is 2. The van der Waals surface area contributed by atoms with E-state index in [1.54, 1.807) is 36.4 Å². The first kappa shape index (κ1) is 20.9. The van der Waals surface area contributed by atoms with E-state index in [-0.39, 0.29) is 23.7 Å². The summed E-state index contributed by atoms with van der Waals surface area (Å²) in [5.74, 6) is -1.33. The Kier molecular flexibility index (Phi) is 6.22. The third-order valence-electron chi connectivity index (χ3n) is 4.54. The van der Waals surface area contributed by atoms with E-state index in [2.05, 4.69) is 0 Å². The molecule has 3 aromatic carbocycles.